The number of halogens is 2. The van der Waals surface area contributed by atoms with Crippen LogP contribution < -0.4 is 14.8 Å². The lowest BCUT2D eigenvalue weighted by Crippen LogP contribution is -2.34. The summed E-state index contributed by atoms with van der Waals surface area (Å²) in [4.78, 5) is 2.27. The summed E-state index contributed by atoms with van der Waals surface area (Å²) in [6, 6.07) is 5.17. The first-order valence-corrected chi connectivity index (χ1v) is 8.18. The fourth-order valence-electron chi connectivity index (χ4n) is 2.99. The molecule has 0 bridgehead atoms. The number of hydrogen-bond acceptors (Lipinski definition) is 4. The number of hydrogen-bond donors (Lipinski definition) is 1. The molecule has 1 saturated heterocycles. The van der Waals surface area contributed by atoms with Crippen LogP contribution in [0.5, 0.6) is 11.5 Å². The molecule has 2 rings (SSSR count). The van der Waals surface area contributed by atoms with Gasteiger partial charge in [-0.15, -0.1) is 0 Å². The molecule has 4 nitrogen and oxygen atoms in total. The summed E-state index contributed by atoms with van der Waals surface area (Å²) in [7, 11) is 2.09. The first-order valence-electron chi connectivity index (χ1n) is 8.18. The Bertz CT molecular complexity index is 480. The Labute approximate surface area is 136 Å². The predicted molar refractivity (Wildman–Crippen MR) is 86.2 cm³/mol. The van der Waals surface area contributed by atoms with E-state index in [1.54, 1.807) is 12.1 Å². The lowest BCUT2D eigenvalue weighted by atomic mass is 9.97. The summed E-state index contributed by atoms with van der Waals surface area (Å²) in [6.07, 6.45) is 2.41. The van der Waals surface area contributed by atoms with Crippen molar-refractivity contribution in [1.29, 1.82) is 0 Å². The molecule has 1 N–H and O–H groups in total. The lowest BCUT2D eigenvalue weighted by Gasteiger charge is -2.27. The highest BCUT2D eigenvalue weighted by atomic mass is 19.3. The molecule has 0 spiro atoms. The number of piperidine rings is 1. The number of nitrogens with zero attached hydrogens (tertiary/aromatic N) is 1. The zero-order valence-electron chi connectivity index (χ0n) is 13.9. The van der Waals surface area contributed by atoms with Crippen LogP contribution in [0, 0.1) is 5.92 Å². The van der Waals surface area contributed by atoms with Crippen molar-refractivity contribution >= 4 is 0 Å². The van der Waals surface area contributed by atoms with Crippen LogP contribution in [0.15, 0.2) is 18.2 Å². The highest BCUT2D eigenvalue weighted by Crippen LogP contribution is 2.30. The van der Waals surface area contributed by atoms with Crippen molar-refractivity contribution in [2.45, 2.75) is 32.9 Å². The highest BCUT2D eigenvalue weighted by molar-refractivity contribution is 5.43. The first kappa shape index (κ1) is 17.9. The van der Waals surface area contributed by atoms with Gasteiger partial charge in [0, 0.05) is 13.1 Å². The van der Waals surface area contributed by atoms with Gasteiger partial charge in [0.05, 0.1) is 6.61 Å². The molecule has 0 saturated carbocycles. The molecule has 1 heterocycles. The van der Waals surface area contributed by atoms with E-state index < -0.39 is 6.61 Å². The largest absolute Gasteiger partial charge is 0.490 e. The Kier molecular flexibility index (Phi) is 7.05. The topological polar surface area (TPSA) is 33.7 Å². The molecule has 1 aliphatic heterocycles. The van der Waals surface area contributed by atoms with Crippen molar-refractivity contribution in [3.8, 4) is 11.5 Å². The van der Waals surface area contributed by atoms with Gasteiger partial charge in [0.2, 0.25) is 0 Å². The third-order valence-electron chi connectivity index (χ3n) is 4.01. The van der Waals surface area contributed by atoms with E-state index in [0.717, 1.165) is 31.7 Å². The van der Waals surface area contributed by atoms with Gasteiger partial charge in [0.15, 0.2) is 11.5 Å². The van der Waals surface area contributed by atoms with Crippen molar-refractivity contribution in [3.05, 3.63) is 23.8 Å². The zero-order chi connectivity index (χ0) is 16.7. The zero-order valence-corrected chi connectivity index (χ0v) is 13.9. The van der Waals surface area contributed by atoms with E-state index in [9.17, 15) is 8.78 Å². The second-order valence-electron chi connectivity index (χ2n) is 5.98. The van der Waals surface area contributed by atoms with Crippen molar-refractivity contribution in [2.24, 2.45) is 5.92 Å². The standard InChI is InChI=1S/C17H26F2N2O2/c1-3-22-16-10-14(4-5-15(16)23-17(18)19)12-21(2)11-13-6-8-20-9-7-13/h4-5,10,13,17,20H,3,6-9,11-12H2,1-2H3. The van der Waals surface area contributed by atoms with Crippen LogP contribution in [0.1, 0.15) is 25.3 Å². The van der Waals surface area contributed by atoms with Gasteiger partial charge in [-0.2, -0.15) is 8.78 Å². The second kappa shape index (κ2) is 9.03. The van der Waals surface area contributed by atoms with E-state index in [1.165, 1.54) is 12.8 Å². The van der Waals surface area contributed by atoms with Gasteiger partial charge in [-0.25, -0.2) is 0 Å². The van der Waals surface area contributed by atoms with Gasteiger partial charge in [0.25, 0.3) is 0 Å². The van der Waals surface area contributed by atoms with Crippen LogP contribution >= 0.6 is 0 Å². The number of ether oxygens (including phenoxy) is 2. The van der Waals surface area contributed by atoms with Crippen LogP contribution in [0.3, 0.4) is 0 Å². The van der Waals surface area contributed by atoms with Crippen LogP contribution in [0.4, 0.5) is 8.78 Å². The fourth-order valence-corrected chi connectivity index (χ4v) is 2.99. The molecule has 0 atom stereocenters. The van der Waals surface area contributed by atoms with Crippen LogP contribution in [-0.4, -0.2) is 44.8 Å². The van der Waals surface area contributed by atoms with Gasteiger partial charge in [0.1, 0.15) is 0 Å². The maximum atomic E-state index is 12.4. The van der Waals surface area contributed by atoms with E-state index in [1.807, 2.05) is 13.0 Å². The molecule has 1 aromatic rings. The Balaban J connectivity index is 1.96. The Morgan fingerprint density at radius 3 is 2.65 bits per heavy atom. The average Bonchev–Trinajstić information content (AvgIpc) is 2.50. The third-order valence-corrected chi connectivity index (χ3v) is 4.01. The van der Waals surface area contributed by atoms with E-state index in [-0.39, 0.29) is 5.75 Å². The number of benzene rings is 1. The van der Waals surface area contributed by atoms with Crippen molar-refractivity contribution < 1.29 is 18.3 Å². The van der Waals surface area contributed by atoms with Crippen LogP contribution in [0.2, 0.25) is 0 Å². The quantitative estimate of drug-likeness (QED) is 0.795. The first-order chi connectivity index (χ1) is 11.1. The SMILES string of the molecule is CCOc1cc(CN(C)CC2CCNCC2)ccc1OC(F)F. The van der Waals surface area contributed by atoms with E-state index >= 15 is 0 Å². The maximum Gasteiger partial charge on any atom is 0.387 e. The smallest absolute Gasteiger partial charge is 0.387 e. The summed E-state index contributed by atoms with van der Waals surface area (Å²) >= 11 is 0. The van der Waals surface area contributed by atoms with Crippen LogP contribution in [-0.2, 0) is 6.54 Å². The lowest BCUT2D eigenvalue weighted by molar-refractivity contribution is -0.0514. The average molecular weight is 328 g/mol. The number of alkyl halides is 2. The summed E-state index contributed by atoms with van der Waals surface area (Å²) in [5, 5.41) is 3.37. The van der Waals surface area contributed by atoms with Gasteiger partial charge in [-0.3, -0.25) is 0 Å². The van der Waals surface area contributed by atoms with Gasteiger partial charge in [-0.1, -0.05) is 6.07 Å². The maximum absolute atomic E-state index is 12.4. The highest BCUT2D eigenvalue weighted by Gasteiger charge is 2.16. The minimum absolute atomic E-state index is 0.0895. The Hall–Kier alpha value is -1.40. The molecular weight excluding hydrogens is 302 g/mol. The van der Waals surface area contributed by atoms with E-state index in [4.69, 9.17) is 4.74 Å². The van der Waals surface area contributed by atoms with Gasteiger partial charge >= 0.3 is 6.61 Å². The summed E-state index contributed by atoms with van der Waals surface area (Å²) in [5.41, 5.74) is 1.03. The predicted octanol–water partition coefficient (Wildman–Crippen LogP) is 3.12. The molecule has 0 aromatic heterocycles. The molecular formula is C17H26F2N2O2. The molecule has 0 unspecified atom stereocenters. The monoisotopic (exact) mass is 328 g/mol. The molecule has 1 fully saturated rings. The summed E-state index contributed by atoms with van der Waals surface area (Å²) in [6.45, 7) is 3.37. The second-order valence-corrected chi connectivity index (χ2v) is 5.98. The molecule has 0 aliphatic carbocycles. The molecule has 0 radical (unpaired) electrons. The molecule has 1 aromatic carbocycles. The molecule has 23 heavy (non-hydrogen) atoms. The van der Waals surface area contributed by atoms with Crippen LogP contribution in [0.25, 0.3) is 0 Å². The van der Waals surface area contributed by atoms with Gasteiger partial charge < -0.3 is 19.7 Å². The van der Waals surface area contributed by atoms with E-state index in [2.05, 4.69) is 22.0 Å². The minimum atomic E-state index is -2.84. The van der Waals surface area contributed by atoms with Crippen molar-refractivity contribution in [1.82, 2.24) is 10.2 Å². The molecule has 6 heteroatoms. The number of rotatable bonds is 8. The third kappa shape index (κ3) is 5.95. The normalized spacial score (nSPS) is 16.1. The number of nitrogens with one attached hydrogen (secondary N) is 1. The Morgan fingerprint density at radius 1 is 1.26 bits per heavy atom. The summed E-state index contributed by atoms with van der Waals surface area (Å²) in [5.74, 6) is 1.18. The minimum Gasteiger partial charge on any atom is -0.490 e. The molecule has 130 valence electrons. The van der Waals surface area contributed by atoms with Gasteiger partial charge in [-0.05, 0) is 63.5 Å². The summed E-state index contributed by atoms with van der Waals surface area (Å²) < 4.78 is 34.8. The van der Waals surface area contributed by atoms with Crippen molar-refractivity contribution in [2.75, 3.05) is 33.3 Å². The fraction of sp³-hybridized carbons (Fsp3) is 0.647. The van der Waals surface area contributed by atoms with E-state index in [0.29, 0.717) is 18.3 Å². The molecule has 0 amide bonds. The molecule has 1 aliphatic rings. The Morgan fingerprint density at radius 2 is 2.00 bits per heavy atom. The van der Waals surface area contributed by atoms with Crippen molar-refractivity contribution in [3.63, 3.8) is 0 Å².